The van der Waals surface area contributed by atoms with Crippen molar-refractivity contribution in [2.45, 2.75) is 71.4 Å². The topological polar surface area (TPSA) is 67.2 Å². The molecule has 22 heavy (non-hydrogen) atoms. The first-order chi connectivity index (χ1) is 10.4. The van der Waals surface area contributed by atoms with Gasteiger partial charge in [-0.05, 0) is 31.6 Å². The van der Waals surface area contributed by atoms with E-state index < -0.39 is 5.60 Å². The molecule has 124 valence electrons. The maximum Gasteiger partial charge on any atom is 0.254 e. The van der Waals surface area contributed by atoms with E-state index in [0.717, 1.165) is 25.1 Å². The number of hydrogen-bond donors (Lipinski definition) is 2. The molecule has 1 aliphatic rings. The molecule has 0 unspecified atom stereocenters. The summed E-state index contributed by atoms with van der Waals surface area (Å²) >= 11 is 0. The fourth-order valence-corrected chi connectivity index (χ4v) is 2.69. The number of carbonyl (C=O) groups excluding carboxylic acids is 1. The first-order valence-corrected chi connectivity index (χ1v) is 8.46. The zero-order chi connectivity index (χ0) is 16.3. The lowest BCUT2D eigenvalue weighted by Crippen LogP contribution is -2.42. The van der Waals surface area contributed by atoms with Crippen LogP contribution in [0.4, 0.5) is 0 Å². The van der Waals surface area contributed by atoms with Gasteiger partial charge in [-0.25, -0.2) is 0 Å². The molecule has 1 aromatic rings. The molecule has 2 rings (SSSR count). The monoisotopic (exact) mass is 307 g/mol. The Morgan fingerprint density at radius 2 is 2.09 bits per heavy atom. The van der Waals surface area contributed by atoms with Crippen molar-refractivity contribution in [3.8, 4) is 0 Å². The minimum Gasteiger partial charge on any atom is -0.388 e. The third-order valence-electron chi connectivity index (χ3n) is 4.52. The van der Waals surface area contributed by atoms with Crippen LogP contribution >= 0.6 is 0 Å². The molecule has 5 nitrogen and oxygen atoms in total. The second-order valence-electron chi connectivity index (χ2n) is 6.91. The van der Waals surface area contributed by atoms with Gasteiger partial charge in [0.2, 0.25) is 0 Å². The van der Waals surface area contributed by atoms with Crippen molar-refractivity contribution < 1.29 is 9.90 Å². The summed E-state index contributed by atoms with van der Waals surface area (Å²) in [6.07, 6.45) is 5.22. The van der Waals surface area contributed by atoms with Gasteiger partial charge in [-0.2, -0.15) is 5.10 Å². The van der Waals surface area contributed by atoms with Gasteiger partial charge >= 0.3 is 0 Å². The van der Waals surface area contributed by atoms with Gasteiger partial charge in [-0.3, -0.25) is 9.48 Å². The lowest BCUT2D eigenvalue weighted by Gasteiger charge is -2.25. The molecule has 0 radical (unpaired) electrons. The van der Waals surface area contributed by atoms with Crippen molar-refractivity contribution in [2.24, 2.45) is 5.92 Å². The van der Waals surface area contributed by atoms with Gasteiger partial charge in [0.15, 0.2) is 0 Å². The van der Waals surface area contributed by atoms with E-state index in [1.807, 2.05) is 18.5 Å². The van der Waals surface area contributed by atoms with Gasteiger partial charge in [0.05, 0.1) is 23.1 Å². The van der Waals surface area contributed by atoms with Crippen LogP contribution < -0.4 is 5.32 Å². The van der Waals surface area contributed by atoms with Crippen molar-refractivity contribution in [1.29, 1.82) is 0 Å². The predicted octanol–water partition coefficient (Wildman–Crippen LogP) is 2.70. The molecule has 0 bridgehead atoms. The van der Waals surface area contributed by atoms with Crippen LogP contribution in [-0.4, -0.2) is 32.9 Å². The SMILES string of the molecule is CCC(O)(CC)CNC(=O)c1cnn(CC(C)C)c1C1CC1. The highest BCUT2D eigenvalue weighted by atomic mass is 16.3. The Balaban J connectivity index is 2.11. The van der Waals surface area contributed by atoms with Crippen molar-refractivity contribution in [3.63, 3.8) is 0 Å². The lowest BCUT2D eigenvalue weighted by atomic mass is 9.97. The summed E-state index contributed by atoms with van der Waals surface area (Å²) in [5, 5.41) is 17.6. The number of nitrogens with zero attached hydrogens (tertiary/aromatic N) is 2. The van der Waals surface area contributed by atoms with E-state index in [9.17, 15) is 9.90 Å². The molecular weight excluding hydrogens is 278 g/mol. The van der Waals surface area contributed by atoms with Crippen LogP contribution in [0, 0.1) is 5.92 Å². The summed E-state index contributed by atoms with van der Waals surface area (Å²) in [5.41, 5.74) is 0.934. The molecule has 0 atom stereocenters. The quantitative estimate of drug-likeness (QED) is 0.776. The second-order valence-corrected chi connectivity index (χ2v) is 6.91. The Morgan fingerprint density at radius 1 is 1.45 bits per heavy atom. The molecular formula is C17H29N3O2. The minimum absolute atomic E-state index is 0.114. The molecule has 5 heteroatoms. The van der Waals surface area contributed by atoms with E-state index in [0.29, 0.717) is 30.2 Å². The fraction of sp³-hybridized carbons (Fsp3) is 0.765. The van der Waals surface area contributed by atoms with E-state index >= 15 is 0 Å². The Labute approximate surface area is 133 Å². The third kappa shape index (κ3) is 3.88. The Kier molecular flexibility index (Phi) is 5.27. The number of amides is 1. The highest BCUT2D eigenvalue weighted by Crippen LogP contribution is 2.41. The van der Waals surface area contributed by atoms with Crippen molar-refractivity contribution >= 4 is 5.91 Å². The van der Waals surface area contributed by atoms with Crippen LogP contribution in [0.2, 0.25) is 0 Å². The number of rotatable bonds is 8. The van der Waals surface area contributed by atoms with E-state index in [1.165, 1.54) is 0 Å². The maximum atomic E-state index is 12.5. The molecule has 1 aliphatic carbocycles. The van der Waals surface area contributed by atoms with Crippen molar-refractivity contribution in [2.75, 3.05) is 6.54 Å². The zero-order valence-electron chi connectivity index (χ0n) is 14.2. The van der Waals surface area contributed by atoms with Crippen LogP contribution in [0.1, 0.15) is 75.3 Å². The van der Waals surface area contributed by atoms with Gasteiger partial charge in [-0.15, -0.1) is 0 Å². The Morgan fingerprint density at radius 3 is 2.59 bits per heavy atom. The molecule has 0 aliphatic heterocycles. The van der Waals surface area contributed by atoms with E-state index in [1.54, 1.807) is 6.20 Å². The minimum atomic E-state index is -0.816. The number of hydrogen-bond acceptors (Lipinski definition) is 3. The number of aliphatic hydroxyl groups is 1. The summed E-state index contributed by atoms with van der Waals surface area (Å²) in [7, 11) is 0. The molecule has 1 amide bonds. The van der Waals surface area contributed by atoms with E-state index in [2.05, 4.69) is 24.3 Å². The smallest absolute Gasteiger partial charge is 0.254 e. The largest absolute Gasteiger partial charge is 0.388 e. The van der Waals surface area contributed by atoms with Gasteiger partial charge in [-0.1, -0.05) is 27.7 Å². The zero-order valence-corrected chi connectivity index (χ0v) is 14.2. The van der Waals surface area contributed by atoms with Crippen molar-refractivity contribution in [1.82, 2.24) is 15.1 Å². The normalized spacial score (nSPS) is 15.4. The molecule has 1 saturated carbocycles. The van der Waals surface area contributed by atoms with Gasteiger partial charge in [0.25, 0.3) is 5.91 Å². The first kappa shape index (κ1) is 17.0. The highest BCUT2D eigenvalue weighted by Gasteiger charge is 2.33. The van der Waals surface area contributed by atoms with Gasteiger partial charge in [0.1, 0.15) is 0 Å². The van der Waals surface area contributed by atoms with Gasteiger partial charge < -0.3 is 10.4 Å². The summed E-state index contributed by atoms with van der Waals surface area (Å²) < 4.78 is 1.99. The average molecular weight is 307 g/mol. The summed E-state index contributed by atoms with van der Waals surface area (Å²) in [6, 6.07) is 0. The molecule has 1 heterocycles. The van der Waals surface area contributed by atoms with E-state index in [-0.39, 0.29) is 12.5 Å². The molecule has 0 aromatic carbocycles. The number of carbonyl (C=O) groups is 1. The standard InChI is InChI=1S/C17H29N3O2/c1-5-17(22,6-2)11-18-16(21)14-9-19-20(10-12(3)4)15(14)13-7-8-13/h9,12-13,22H,5-8,10-11H2,1-4H3,(H,18,21). The summed E-state index contributed by atoms with van der Waals surface area (Å²) in [6.45, 7) is 9.31. The summed E-state index contributed by atoms with van der Waals surface area (Å²) in [5.74, 6) is 0.856. The van der Waals surface area contributed by atoms with E-state index in [4.69, 9.17) is 0 Å². The number of nitrogens with one attached hydrogen (secondary N) is 1. The third-order valence-corrected chi connectivity index (χ3v) is 4.52. The fourth-order valence-electron chi connectivity index (χ4n) is 2.69. The second kappa shape index (κ2) is 6.82. The molecule has 0 saturated heterocycles. The van der Waals surface area contributed by atoms with Crippen molar-refractivity contribution in [3.05, 3.63) is 17.5 Å². The van der Waals surface area contributed by atoms with Crippen LogP contribution in [0.5, 0.6) is 0 Å². The summed E-state index contributed by atoms with van der Waals surface area (Å²) in [4.78, 5) is 12.5. The Bertz CT molecular complexity index is 514. The maximum absolute atomic E-state index is 12.5. The lowest BCUT2D eigenvalue weighted by molar-refractivity contribution is 0.0314. The van der Waals surface area contributed by atoms with Crippen LogP contribution in [0.15, 0.2) is 6.20 Å². The first-order valence-electron chi connectivity index (χ1n) is 8.46. The van der Waals surface area contributed by atoms with Crippen LogP contribution in [0.3, 0.4) is 0 Å². The highest BCUT2D eigenvalue weighted by molar-refractivity contribution is 5.95. The van der Waals surface area contributed by atoms with Crippen LogP contribution in [-0.2, 0) is 6.54 Å². The number of aromatic nitrogens is 2. The average Bonchev–Trinajstić information content (AvgIpc) is 3.25. The molecule has 1 aromatic heterocycles. The Hall–Kier alpha value is -1.36. The van der Waals surface area contributed by atoms with Gasteiger partial charge in [0, 0.05) is 19.0 Å². The molecule has 2 N–H and O–H groups in total. The predicted molar refractivity (Wildman–Crippen MR) is 86.9 cm³/mol. The molecule has 0 spiro atoms. The van der Waals surface area contributed by atoms with Crippen LogP contribution in [0.25, 0.3) is 0 Å². The molecule has 1 fully saturated rings.